The molecule has 0 aromatic heterocycles. The van der Waals surface area contributed by atoms with Crippen LogP contribution in [0, 0.1) is 11.6 Å². The first-order valence-corrected chi connectivity index (χ1v) is 2.86. The maximum Gasteiger partial charge on any atom is 0.140 e. The van der Waals surface area contributed by atoms with Crippen molar-refractivity contribution in [2.45, 2.75) is 0 Å². The van der Waals surface area contributed by atoms with E-state index in [1.54, 1.807) is 0 Å². The van der Waals surface area contributed by atoms with E-state index in [1.165, 1.54) is 0 Å². The third-order valence-electron chi connectivity index (χ3n) is 0.730. The van der Waals surface area contributed by atoms with Crippen LogP contribution in [-0.2, 0) is 0 Å². The summed E-state index contributed by atoms with van der Waals surface area (Å²) in [4.78, 5) is 0. The van der Waals surface area contributed by atoms with E-state index in [1.807, 2.05) is 0 Å². The quantitative estimate of drug-likeness (QED) is 0.559. The molecule has 0 aliphatic carbocycles. The Morgan fingerprint density at radius 3 is 2.22 bits per heavy atom. The standard InChI is InChI=1S/C6H3BrF2/c7-6-4(8)2-1-3-5(6)9/h1-3H/i1D,2D,3D. The summed E-state index contributed by atoms with van der Waals surface area (Å²) in [5, 5.41) is 0. The van der Waals surface area contributed by atoms with Crippen LogP contribution in [0.5, 0.6) is 0 Å². The van der Waals surface area contributed by atoms with Crippen LogP contribution in [-0.4, -0.2) is 0 Å². The van der Waals surface area contributed by atoms with Crippen LogP contribution in [0.2, 0.25) is 0 Å². The lowest BCUT2D eigenvalue weighted by Crippen LogP contribution is -1.80. The molecule has 1 rings (SSSR count). The zero-order chi connectivity index (χ0) is 9.46. The summed E-state index contributed by atoms with van der Waals surface area (Å²) in [6, 6.07) is -2.28. The molecule has 0 spiro atoms. The SMILES string of the molecule is [2H]c1c([2H])c(F)c(Br)c(F)c1[2H]. The molecule has 0 radical (unpaired) electrons. The summed E-state index contributed by atoms with van der Waals surface area (Å²) in [5.41, 5.74) is 0. The zero-order valence-corrected chi connectivity index (χ0v) is 5.72. The highest BCUT2D eigenvalue weighted by Crippen LogP contribution is 2.17. The molecule has 1 aromatic rings. The first-order valence-electron chi connectivity index (χ1n) is 3.57. The lowest BCUT2D eigenvalue weighted by Gasteiger charge is -1.92. The van der Waals surface area contributed by atoms with Crippen molar-refractivity contribution in [3.05, 3.63) is 34.2 Å². The maximum absolute atomic E-state index is 12.8. The van der Waals surface area contributed by atoms with E-state index >= 15 is 0 Å². The normalized spacial score (nSPS) is 14.3. The van der Waals surface area contributed by atoms with Crippen LogP contribution >= 0.6 is 15.9 Å². The summed E-state index contributed by atoms with van der Waals surface area (Å²) in [5.74, 6) is -2.29. The number of benzene rings is 1. The van der Waals surface area contributed by atoms with Gasteiger partial charge in [0.25, 0.3) is 0 Å². The van der Waals surface area contributed by atoms with E-state index in [2.05, 4.69) is 15.9 Å². The number of rotatable bonds is 0. The van der Waals surface area contributed by atoms with Crippen LogP contribution in [0.15, 0.2) is 22.6 Å². The van der Waals surface area contributed by atoms with Gasteiger partial charge in [0.2, 0.25) is 0 Å². The molecule has 9 heavy (non-hydrogen) atoms. The molecule has 0 N–H and O–H groups in total. The van der Waals surface area contributed by atoms with E-state index < -0.39 is 34.2 Å². The Morgan fingerprint density at radius 2 is 1.78 bits per heavy atom. The topological polar surface area (TPSA) is 0 Å². The summed E-state index contributed by atoms with van der Waals surface area (Å²) in [7, 11) is 0. The van der Waals surface area contributed by atoms with E-state index in [-0.39, 0.29) is 0 Å². The van der Waals surface area contributed by atoms with Crippen LogP contribution in [0.25, 0.3) is 0 Å². The van der Waals surface area contributed by atoms with Gasteiger partial charge in [0.1, 0.15) is 11.6 Å². The molecule has 0 heterocycles. The fourth-order valence-electron chi connectivity index (χ4n) is 0.347. The van der Waals surface area contributed by atoms with Crippen molar-refractivity contribution in [2.75, 3.05) is 0 Å². The summed E-state index contributed by atoms with van der Waals surface area (Å²) >= 11 is 2.54. The van der Waals surface area contributed by atoms with Crippen molar-refractivity contribution >= 4 is 15.9 Å². The van der Waals surface area contributed by atoms with Crippen molar-refractivity contribution in [1.82, 2.24) is 0 Å². The highest BCUT2D eigenvalue weighted by molar-refractivity contribution is 9.10. The molecule has 0 bridgehead atoms. The monoisotopic (exact) mass is 195 g/mol. The summed E-state index contributed by atoms with van der Waals surface area (Å²) in [6.45, 7) is 0. The van der Waals surface area contributed by atoms with Gasteiger partial charge in [0.05, 0.1) is 8.58 Å². The van der Waals surface area contributed by atoms with E-state index in [0.29, 0.717) is 0 Å². The number of halogens is 3. The van der Waals surface area contributed by atoms with Crippen LogP contribution in [0.3, 0.4) is 0 Å². The van der Waals surface area contributed by atoms with Crippen molar-refractivity contribution in [2.24, 2.45) is 0 Å². The van der Waals surface area contributed by atoms with Gasteiger partial charge in [-0.15, -0.1) is 0 Å². The molecular formula is C6H3BrF2. The fraction of sp³-hybridized carbons (Fsp3) is 0. The van der Waals surface area contributed by atoms with E-state index in [9.17, 15) is 8.78 Å². The number of hydrogen-bond acceptors (Lipinski definition) is 0. The van der Waals surface area contributed by atoms with Gasteiger partial charge in [-0.05, 0) is 28.0 Å². The van der Waals surface area contributed by atoms with Gasteiger partial charge >= 0.3 is 0 Å². The highest BCUT2D eigenvalue weighted by atomic mass is 79.9. The van der Waals surface area contributed by atoms with Crippen LogP contribution in [0.1, 0.15) is 4.11 Å². The fourth-order valence-corrected chi connectivity index (χ4v) is 0.545. The molecule has 48 valence electrons. The van der Waals surface area contributed by atoms with Crippen LogP contribution < -0.4 is 0 Å². The smallest absolute Gasteiger partial charge is 0.140 e. The van der Waals surface area contributed by atoms with E-state index in [0.717, 1.165) is 0 Å². The van der Waals surface area contributed by atoms with Gasteiger partial charge in [0, 0.05) is 0 Å². The summed E-state index contributed by atoms with van der Waals surface area (Å²) in [6.07, 6.45) is 0. The molecule has 0 atom stereocenters. The highest BCUT2D eigenvalue weighted by Gasteiger charge is 2.01. The maximum atomic E-state index is 12.8. The first kappa shape index (κ1) is 3.66. The molecule has 0 amide bonds. The third-order valence-corrected chi connectivity index (χ3v) is 1.43. The predicted octanol–water partition coefficient (Wildman–Crippen LogP) is 2.73. The molecule has 0 nitrogen and oxygen atoms in total. The Balaban J connectivity index is 3.60. The van der Waals surface area contributed by atoms with Crippen molar-refractivity contribution in [1.29, 1.82) is 0 Å². The molecule has 0 unspecified atom stereocenters. The Morgan fingerprint density at radius 1 is 1.33 bits per heavy atom. The second kappa shape index (κ2) is 2.43. The molecular weight excluding hydrogens is 190 g/mol. The lowest BCUT2D eigenvalue weighted by atomic mass is 10.3. The average molecular weight is 196 g/mol. The van der Waals surface area contributed by atoms with Crippen molar-refractivity contribution in [3.8, 4) is 0 Å². The Hall–Kier alpha value is -0.440. The van der Waals surface area contributed by atoms with Gasteiger partial charge in [0.15, 0.2) is 0 Å². The van der Waals surface area contributed by atoms with E-state index in [4.69, 9.17) is 4.11 Å². The Bertz CT molecular complexity index is 235. The molecule has 1 aromatic carbocycles. The van der Waals surface area contributed by atoms with Gasteiger partial charge in [-0.3, -0.25) is 0 Å². The second-order valence-corrected chi connectivity index (χ2v) is 2.11. The zero-order valence-electron chi connectivity index (χ0n) is 7.13. The molecule has 0 saturated carbocycles. The molecule has 0 aliphatic heterocycles. The second-order valence-electron chi connectivity index (χ2n) is 1.32. The van der Waals surface area contributed by atoms with Crippen LogP contribution in [0.4, 0.5) is 8.78 Å². The largest absolute Gasteiger partial charge is 0.206 e. The molecule has 0 aliphatic rings. The van der Waals surface area contributed by atoms with Gasteiger partial charge in [-0.2, -0.15) is 0 Å². The minimum absolute atomic E-state index is 0.562. The van der Waals surface area contributed by atoms with Crippen molar-refractivity contribution < 1.29 is 12.9 Å². The molecule has 0 saturated heterocycles. The average Bonchev–Trinajstić information content (AvgIpc) is 2.08. The minimum Gasteiger partial charge on any atom is -0.206 e. The number of hydrogen-bond donors (Lipinski definition) is 0. The predicted molar refractivity (Wildman–Crippen MR) is 34.1 cm³/mol. The first-order chi connectivity index (χ1) is 5.46. The lowest BCUT2D eigenvalue weighted by molar-refractivity contribution is 0.572. The van der Waals surface area contributed by atoms with Gasteiger partial charge < -0.3 is 0 Å². The summed E-state index contributed by atoms with van der Waals surface area (Å²) < 4.78 is 45.8. The Kier molecular flexibility index (Phi) is 0.990. The Labute approximate surface area is 63.8 Å². The van der Waals surface area contributed by atoms with Gasteiger partial charge in [-0.1, -0.05) is 6.04 Å². The minimum atomic E-state index is -1.14. The van der Waals surface area contributed by atoms with Gasteiger partial charge in [-0.25, -0.2) is 8.78 Å². The molecule has 3 heteroatoms. The third kappa shape index (κ3) is 1.27. The van der Waals surface area contributed by atoms with Crippen molar-refractivity contribution in [3.63, 3.8) is 0 Å². The molecule has 0 fully saturated rings.